The number of piperazine rings is 1. The van der Waals surface area contributed by atoms with Gasteiger partial charge in [0.05, 0.1) is 12.6 Å². The summed E-state index contributed by atoms with van der Waals surface area (Å²) < 4.78 is 5.51. The van der Waals surface area contributed by atoms with Crippen molar-refractivity contribution in [3.8, 4) is 0 Å². The molecular formula is C21H30N4O3. The van der Waals surface area contributed by atoms with Crippen molar-refractivity contribution in [2.75, 3.05) is 38.0 Å². The predicted molar refractivity (Wildman–Crippen MR) is 108 cm³/mol. The summed E-state index contributed by atoms with van der Waals surface area (Å²) in [5.41, 5.74) is 3.36. The highest BCUT2D eigenvalue weighted by Crippen LogP contribution is 2.16. The van der Waals surface area contributed by atoms with Crippen molar-refractivity contribution in [2.24, 2.45) is 0 Å². The van der Waals surface area contributed by atoms with Gasteiger partial charge in [0.1, 0.15) is 6.26 Å². The summed E-state index contributed by atoms with van der Waals surface area (Å²) in [5, 5.41) is 12.6. The Balaban J connectivity index is 1.50. The van der Waals surface area contributed by atoms with E-state index in [1.165, 1.54) is 11.8 Å². The van der Waals surface area contributed by atoms with E-state index in [1.807, 2.05) is 39.0 Å². The van der Waals surface area contributed by atoms with E-state index < -0.39 is 0 Å². The second-order valence-corrected chi connectivity index (χ2v) is 7.52. The Morgan fingerprint density at radius 2 is 1.93 bits per heavy atom. The molecule has 1 aliphatic rings. The maximum absolute atomic E-state index is 12.4. The van der Waals surface area contributed by atoms with Crippen molar-refractivity contribution in [3.05, 3.63) is 47.2 Å². The molecule has 1 unspecified atom stereocenters. The van der Waals surface area contributed by atoms with E-state index in [4.69, 9.17) is 4.42 Å². The molecule has 3 rings (SSSR count). The molecule has 0 bridgehead atoms. The normalized spacial score (nSPS) is 16.9. The molecule has 1 aromatic carbocycles. The van der Waals surface area contributed by atoms with Crippen LogP contribution in [0, 0.1) is 13.8 Å². The lowest BCUT2D eigenvalue weighted by Crippen LogP contribution is -2.48. The number of β-amino-alcohol motifs (C(OH)–C–C–N with tert-alkyl or cyclic N) is 1. The zero-order valence-corrected chi connectivity index (χ0v) is 16.9. The summed E-state index contributed by atoms with van der Waals surface area (Å²) in [4.78, 5) is 21.3. The lowest BCUT2D eigenvalue weighted by Gasteiger charge is -2.34. The molecule has 1 aliphatic heterocycles. The number of aliphatic hydroxyl groups is 1. The third kappa shape index (κ3) is 5.41. The van der Waals surface area contributed by atoms with Crippen molar-refractivity contribution >= 4 is 11.6 Å². The Morgan fingerprint density at radius 1 is 1.21 bits per heavy atom. The van der Waals surface area contributed by atoms with Gasteiger partial charge in [0.25, 0.3) is 5.91 Å². The van der Waals surface area contributed by atoms with Gasteiger partial charge in [-0.3, -0.25) is 14.6 Å². The number of aliphatic hydroxyl groups excluding tert-OH is 1. The first-order valence-corrected chi connectivity index (χ1v) is 9.90. The quantitative estimate of drug-likeness (QED) is 0.761. The molecule has 7 nitrogen and oxygen atoms in total. The van der Waals surface area contributed by atoms with Crippen molar-refractivity contribution in [1.82, 2.24) is 14.8 Å². The monoisotopic (exact) mass is 386 g/mol. The summed E-state index contributed by atoms with van der Waals surface area (Å²) in [6.45, 7) is 11.0. The van der Waals surface area contributed by atoms with E-state index in [1.54, 1.807) is 0 Å². The predicted octanol–water partition coefficient (Wildman–Crippen LogP) is 2.43. The molecule has 1 saturated heterocycles. The van der Waals surface area contributed by atoms with Crippen LogP contribution in [0.2, 0.25) is 0 Å². The van der Waals surface area contributed by atoms with Crippen molar-refractivity contribution in [2.45, 2.75) is 39.8 Å². The van der Waals surface area contributed by atoms with Gasteiger partial charge in [-0.15, -0.1) is 0 Å². The number of nitrogens with one attached hydrogen (secondary N) is 1. The minimum Gasteiger partial charge on any atom is -0.447 e. The summed E-state index contributed by atoms with van der Waals surface area (Å²) in [5.74, 6) is 0.281. The van der Waals surface area contributed by atoms with E-state index in [0.717, 1.165) is 50.4 Å². The minimum atomic E-state index is -0.267. The molecule has 1 atom stereocenters. The molecule has 7 heteroatoms. The highest BCUT2D eigenvalue weighted by Gasteiger charge is 2.21. The molecule has 0 radical (unpaired) electrons. The molecule has 2 aromatic rings. The number of hydrogen-bond acceptors (Lipinski definition) is 6. The van der Waals surface area contributed by atoms with Crippen LogP contribution < -0.4 is 5.32 Å². The van der Waals surface area contributed by atoms with Gasteiger partial charge < -0.3 is 14.8 Å². The average Bonchev–Trinajstić information content (AvgIpc) is 3.15. The van der Waals surface area contributed by atoms with E-state index in [0.29, 0.717) is 12.4 Å². The van der Waals surface area contributed by atoms with Crippen LogP contribution in [0.5, 0.6) is 0 Å². The van der Waals surface area contributed by atoms with Gasteiger partial charge in [0, 0.05) is 38.4 Å². The number of amides is 1. The van der Waals surface area contributed by atoms with Crippen LogP contribution in [0.25, 0.3) is 0 Å². The highest BCUT2D eigenvalue weighted by atomic mass is 16.3. The number of nitrogens with zero attached hydrogens (tertiary/aromatic N) is 3. The van der Waals surface area contributed by atoms with Crippen LogP contribution >= 0.6 is 0 Å². The lowest BCUT2D eigenvalue weighted by molar-refractivity contribution is 0.0658. The first-order valence-electron chi connectivity index (χ1n) is 9.90. The molecule has 28 heavy (non-hydrogen) atoms. The summed E-state index contributed by atoms with van der Waals surface area (Å²) >= 11 is 0. The number of carbonyl (C=O) groups is 1. The maximum Gasteiger partial charge on any atom is 0.277 e. The maximum atomic E-state index is 12.4. The number of aryl methyl sites for hydroxylation is 2. The number of rotatable bonds is 7. The first-order chi connectivity index (χ1) is 13.4. The average molecular weight is 386 g/mol. The molecule has 152 valence electrons. The van der Waals surface area contributed by atoms with Crippen LogP contribution in [0.1, 0.15) is 40.9 Å². The van der Waals surface area contributed by atoms with E-state index >= 15 is 0 Å². The number of oxazole rings is 1. The Kier molecular flexibility index (Phi) is 6.83. The molecule has 1 amide bonds. The first kappa shape index (κ1) is 20.5. The molecule has 1 aromatic heterocycles. The Hall–Kier alpha value is -2.22. The fraction of sp³-hybridized carbons (Fsp3) is 0.524. The smallest absolute Gasteiger partial charge is 0.277 e. The molecule has 0 saturated carbocycles. The van der Waals surface area contributed by atoms with Gasteiger partial charge in [-0.05, 0) is 43.5 Å². The number of anilines is 1. The summed E-state index contributed by atoms with van der Waals surface area (Å²) in [7, 11) is 0. The van der Waals surface area contributed by atoms with Gasteiger partial charge in [-0.25, -0.2) is 4.98 Å². The van der Waals surface area contributed by atoms with Crippen LogP contribution in [0.3, 0.4) is 0 Å². The van der Waals surface area contributed by atoms with Crippen LogP contribution in [0.4, 0.5) is 5.69 Å². The second-order valence-electron chi connectivity index (χ2n) is 7.52. The number of aromatic nitrogens is 1. The van der Waals surface area contributed by atoms with Gasteiger partial charge in [-0.1, -0.05) is 13.0 Å². The summed E-state index contributed by atoms with van der Waals surface area (Å²) in [6.07, 6.45) is 1.94. The Labute approximate surface area is 166 Å². The van der Waals surface area contributed by atoms with E-state index in [2.05, 4.69) is 20.1 Å². The fourth-order valence-corrected chi connectivity index (χ4v) is 3.25. The van der Waals surface area contributed by atoms with Gasteiger partial charge >= 0.3 is 0 Å². The van der Waals surface area contributed by atoms with Crippen LogP contribution in [0.15, 0.2) is 28.9 Å². The largest absolute Gasteiger partial charge is 0.447 e. The third-order valence-corrected chi connectivity index (χ3v) is 5.31. The molecule has 0 aliphatic carbocycles. The summed E-state index contributed by atoms with van der Waals surface area (Å²) in [6, 6.07) is 5.82. The van der Waals surface area contributed by atoms with E-state index in [-0.39, 0.29) is 17.7 Å². The SMILES string of the molecule is CCC(O)CN1CCN(Cc2nc(C(=O)Nc3ccc(C)c(C)c3)co2)CC1. The van der Waals surface area contributed by atoms with Gasteiger partial charge in [0.15, 0.2) is 5.69 Å². The fourth-order valence-electron chi connectivity index (χ4n) is 3.25. The molecule has 2 heterocycles. The van der Waals surface area contributed by atoms with Crippen molar-refractivity contribution in [1.29, 1.82) is 0 Å². The van der Waals surface area contributed by atoms with Gasteiger partial charge in [0.2, 0.25) is 5.89 Å². The number of benzene rings is 1. The zero-order valence-electron chi connectivity index (χ0n) is 16.9. The molecular weight excluding hydrogens is 356 g/mol. The van der Waals surface area contributed by atoms with Crippen molar-refractivity contribution < 1.29 is 14.3 Å². The van der Waals surface area contributed by atoms with Gasteiger partial charge in [-0.2, -0.15) is 0 Å². The van der Waals surface area contributed by atoms with Crippen molar-refractivity contribution in [3.63, 3.8) is 0 Å². The number of carbonyl (C=O) groups excluding carboxylic acids is 1. The Bertz CT molecular complexity index is 797. The molecule has 2 N–H and O–H groups in total. The topological polar surface area (TPSA) is 81.8 Å². The molecule has 1 fully saturated rings. The highest BCUT2D eigenvalue weighted by molar-refractivity contribution is 6.02. The van der Waals surface area contributed by atoms with Crippen LogP contribution in [-0.2, 0) is 6.54 Å². The third-order valence-electron chi connectivity index (χ3n) is 5.31. The second kappa shape index (κ2) is 9.32. The van der Waals surface area contributed by atoms with Crippen LogP contribution in [-0.4, -0.2) is 64.6 Å². The Morgan fingerprint density at radius 3 is 2.61 bits per heavy atom. The molecule has 0 spiro atoms. The standard InChI is InChI=1S/C21H30N4O3/c1-4-18(26)12-24-7-9-25(10-8-24)13-20-23-19(14-28-20)21(27)22-17-6-5-15(2)16(3)11-17/h5-6,11,14,18,26H,4,7-10,12-13H2,1-3H3,(H,22,27). The van der Waals surface area contributed by atoms with E-state index in [9.17, 15) is 9.90 Å². The zero-order chi connectivity index (χ0) is 20.1. The minimum absolute atomic E-state index is 0.253. The number of hydrogen-bond donors (Lipinski definition) is 2. The lowest BCUT2D eigenvalue weighted by atomic mass is 10.1.